The number of nitrogens with zero attached hydrogens (tertiary/aromatic N) is 1. The number of hydroxylamine groups is 1. The number of rotatable bonds is 2. The first kappa shape index (κ1) is 14.3. The Kier molecular flexibility index (Phi) is 4.24. The van der Waals surface area contributed by atoms with E-state index in [-0.39, 0.29) is 11.8 Å². The van der Waals surface area contributed by atoms with Gasteiger partial charge in [0.25, 0.3) is 5.91 Å². The Morgan fingerprint density at radius 1 is 1.40 bits per heavy atom. The zero-order chi connectivity index (χ0) is 14.7. The molecule has 2 amide bonds. The average molecular weight is 278 g/mol. The van der Waals surface area contributed by atoms with E-state index in [1.807, 2.05) is 13.8 Å². The van der Waals surface area contributed by atoms with Crippen molar-refractivity contribution in [1.82, 2.24) is 10.4 Å². The molecule has 0 saturated carbocycles. The van der Waals surface area contributed by atoms with Crippen LogP contribution in [-0.4, -0.2) is 35.1 Å². The maximum atomic E-state index is 12.1. The predicted octanol–water partition coefficient (Wildman–Crippen LogP) is 1.18. The van der Waals surface area contributed by atoms with E-state index in [1.165, 1.54) is 0 Å². The Morgan fingerprint density at radius 2 is 2.15 bits per heavy atom. The molecule has 1 aliphatic heterocycles. The Morgan fingerprint density at radius 3 is 2.80 bits per heavy atom. The van der Waals surface area contributed by atoms with Gasteiger partial charge in [-0.2, -0.15) is 0 Å². The lowest BCUT2D eigenvalue weighted by Gasteiger charge is -2.21. The molecule has 2 N–H and O–H groups in total. The molecule has 20 heavy (non-hydrogen) atoms. The summed E-state index contributed by atoms with van der Waals surface area (Å²) in [7, 11) is 0. The maximum absolute atomic E-state index is 12.1. The van der Waals surface area contributed by atoms with E-state index in [0.717, 1.165) is 5.56 Å². The first-order chi connectivity index (χ1) is 9.52. The van der Waals surface area contributed by atoms with Crippen LogP contribution in [0.1, 0.15) is 29.8 Å². The molecular formula is C14H18N2O4. The van der Waals surface area contributed by atoms with Gasteiger partial charge in [-0.1, -0.05) is 19.9 Å². The van der Waals surface area contributed by atoms with Crippen LogP contribution in [0, 0.1) is 5.92 Å². The van der Waals surface area contributed by atoms with Crippen molar-refractivity contribution < 1.29 is 19.5 Å². The molecule has 1 aromatic carbocycles. The summed E-state index contributed by atoms with van der Waals surface area (Å²) in [4.78, 5) is 25.2. The third-order valence-electron chi connectivity index (χ3n) is 3.22. The second-order valence-corrected chi connectivity index (χ2v) is 5.03. The average Bonchev–Trinajstić information content (AvgIpc) is 2.66. The summed E-state index contributed by atoms with van der Waals surface area (Å²) < 4.78 is 5.59. The summed E-state index contributed by atoms with van der Waals surface area (Å²) in [5, 5.41) is 8.63. The van der Waals surface area contributed by atoms with Gasteiger partial charge in [0.2, 0.25) is 5.91 Å². The topological polar surface area (TPSA) is 78.9 Å². The van der Waals surface area contributed by atoms with Crippen LogP contribution in [0.3, 0.4) is 0 Å². The molecule has 0 unspecified atom stereocenters. The van der Waals surface area contributed by atoms with Gasteiger partial charge in [0, 0.05) is 23.6 Å². The molecule has 0 atom stereocenters. The molecule has 1 heterocycles. The molecule has 0 saturated heterocycles. The minimum absolute atomic E-state index is 0.0593. The zero-order valence-corrected chi connectivity index (χ0v) is 11.5. The van der Waals surface area contributed by atoms with E-state index >= 15 is 0 Å². The van der Waals surface area contributed by atoms with E-state index in [0.29, 0.717) is 31.0 Å². The molecule has 1 aliphatic rings. The van der Waals surface area contributed by atoms with Crippen molar-refractivity contribution in [2.75, 3.05) is 13.2 Å². The molecule has 2 rings (SSSR count). The number of ether oxygens (including phenoxy) is 1. The Labute approximate surface area is 117 Å². The third-order valence-corrected chi connectivity index (χ3v) is 3.22. The molecule has 0 spiro atoms. The maximum Gasteiger partial charge on any atom is 0.274 e. The fraction of sp³-hybridized carbons (Fsp3) is 0.429. The standard InChI is InChI=1S/C14H18N2O4/c1-9(2)14(18)16-5-6-20-12-7-10(13(17)15-19)3-4-11(12)8-16/h3-4,7,9,19H,5-6,8H2,1-2H3,(H,15,17). The van der Waals surface area contributed by atoms with Crippen molar-refractivity contribution in [3.05, 3.63) is 29.3 Å². The van der Waals surface area contributed by atoms with Crippen molar-refractivity contribution in [1.29, 1.82) is 0 Å². The number of carbonyl (C=O) groups excluding carboxylic acids is 2. The lowest BCUT2D eigenvalue weighted by Crippen LogP contribution is -2.35. The van der Waals surface area contributed by atoms with Crippen LogP contribution in [0.25, 0.3) is 0 Å². The summed E-state index contributed by atoms with van der Waals surface area (Å²) >= 11 is 0. The summed E-state index contributed by atoms with van der Waals surface area (Å²) in [6, 6.07) is 4.91. The van der Waals surface area contributed by atoms with Gasteiger partial charge in [-0.25, -0.2) is 5.48 Å². The first-order valence-corrected chi connectivity index (χ1v) is 6.52. The molecule has 108 valence electrons. The summed E-state index contributed by atoms with van der Waals surface area (Å²) in [6.45, 7) is 5.10. The van der Waals surface area contributed by atoms with Crippen LogP contribution in [-0.2, 0) is 11.3 Å². The summed E-state index contributed by atoms with van der Waals surface area (Å²) in [5.74, 6) is 0.00975. The van der Waals surface area contributed by atoms with Crippen LogP contribution in [0.2, 0.25) is 0 Å². The second-order valence-electron chi connectivity index (χ2n) is 5.03. The fourth-order valence-electron chi connectivity index (χ4n) is 2.13. The van der Waals surface area contributed by atoms with E-state index < -0.39 is 5.91 Å². The van der Waals surface area contributed by atoms with Gasteiger partial charge >= 0.3 is 0 Å². The molecule has 0 aliphatic carbocycles. The molecule has 1 aromatic rings. The zero-order valence-electron chi connectivity index (χ0n) is 11.5. The van der Waals surface area contributed by atoms with Gasteiger partial charge in [-0.05, 0) is 12.1 Å². The van der Waals surface area contributed by atoms with Crippen LogP contribution < -0.4 is 10.2 Å². The van der Waals surface area contributed by atoms with Crippen molar-refractivity contribution in [3.8, 4) is 5.75 Å². The number of nitrogens with one attached hydrogen (secondary N) is 1. The van der Waals surface area contributed by atoms with Crippen molar-refractivity contribution in [2.45, 2.75) is 20.4 Å². The van der Waals surface area contributed by atoms with Gasteiger partial charge in [0.15, 0.2) is 0 Å². The van der Waals surface area contributed by atoms with Crippen LogP contribution in [0.5, 0.6) is 5.75 Å². The van der Waals surface area contributed by atoms with E-state index in [1.54, 1.807) is 28.6 Å². The van der Waals surface area contributed by atoms with Gasteiger partial charge in [-0.3, -0.25) is 14.8 Å². The summed E-state index contributed by atoms with van der Waals surface area (Å²) in [6.07, 6.45) is 0. The smallest absolute Gasteiger partial charge is 0.274 e. The first-order valence-electron chi connectivity index (χ1n) is 6.52. The molecule has 6 heteroatoms. The largest absolute Gasteiger partial charge is 0.491 e. The van der Waals surface area contributed by atoms with Gasteiger partial charge in [-0.15, -0.1) is 0 Å². The monoisotopic (exact) mass is 278 g/mol. The van der Waals surface area contributed by atoms with Crippen LogP contribution in [0.15, 0.2) is 18.2 Å². The second kappa shape index (κ2) is 5.92. The predicted molar refractivity (Wildman–Crippen MR) is 71.4 cm³/mol. The molecule has 6 nitrogen and oxygen atoms in total. The lowest BCUT2D eigenvalue weighted by molar-refractivity contribution is -0.135. The Hall–Kier alpha value is -2.08. The SMILES string of the molecule is CC(C)C(=O)N1CCOc2cc(C(=O)NO)ccc2C1. The number of carbonyl (C=O) groups is 2. The number of benzene rings is 1. The van der Waals surface area contributed by atoms with E-state index in [4.69, 9.17) is 9.94 Å². The summed E-state index contributed by atoms with van der Waals surface area (Å²) in [5.41, 5.74) is 2.75. The van der Waals surface area contributed by atoms with Crippen LogP contribution in [0.4, 0.5) is 0 Å². The third kappa shape index (κ3) is 2.91. The van der Waals surface area contributed by atoms with Gasteiger partial charge in [0.05, 0.1) is 6.54 Å². The molecule has 0 radical (unpaired) electrons. The quantitative estimate of drug-likeness (QED) is 0.629. The number of hydrogen-bond acceptors (Lipinski definition) is 4. The minimum atomic E-state index is -0.587. The molecule has 0 aromatic heterocycles. The fourth-order valence-corrected chi connectivity index (χ4v) is 2.13. The van der Waals surface area contributed by atoms with Crippen molar-refractivity contribution in [3.63, 3.8) is 0 Å². The number of fused-ring (bicyclic) bond motifs is 1. The highest BCUT2D eigenvalue weighted by atomic mass is 16.5. The molecule has 0 bridgehead atoms. The normalized spacial score (nSPS) is 14.3. The number of amides is 2. The highest BCUT2D eigenvalue weighted by Gasteiger charge is 2.22. The van der Waals surface area contributed by atoms with Gasteiger partial charge < -0.3 is 9.64 Å². The van der Waals surface area contributed by atoms with Crippen LogP contribution >= 0.6 is 0 Å². The molecule has 0 fully saturated rings. The minimum Gasteiger partial charge on any atom is -0.491 e. The highest BCUT2D eigenvalue weighted by Crippen LogP contribution is 2.25. The lowest BCUT2D eigenvalue weighted by atomic mass is 10.1. The Balaban J connectivity index is 2.24. The number of hydrogen-bond donors (Lipinski definition) is 2. The highest BCUT2D eigenvalue weighted by molar-refractivity contribution is 5.93. The molecular weight excluding hydrogens is 260 g/mol. The van der Waals surface area contributed by atoms with Crippen molar-refractivity contribution >= 4 is 11.8 Å². The van der Waals surface area contributed by atoms with E-state index in [9.17, 15) is 9.59 Å². The van der Waals surface area contributed by atoms with Gasteiger partial charge in [0.1, 0.15) is 12.4 Å². The van der Waals surface area contributed by atoms with E-state index in [2.05, 4.69) is 0 Å². The Bertz CT molecular complexity index is 528. The van der Waals surface area contributed by atoms with Crippen molar-refractivity contribution in [2.24, 2.45) is 5.92 Å².